The van der Waals surface area contributed by atoms with Gasteiger partial charge in [0.15, 0.2) is 5.11 Å². The van der Waals surface area contributed by atoms with Crippen LogP contribution in [0.1, 0.15) is 26.7 Å². The largest absolute Gasteiger partial charge is 0.375 e. The molecule has 0 radical (unpaired) electrons. The molecule has 3 aliphatic heterocycles. The number of hydrogen-bond donors (Lipinski definition) is 3. The number of carbonyl (C=O) groups excluding carboxylic acids is 1. The van der Waals surface area contributed by atoms with Gasteiger partial charge in [0.2, 0.25) is 5.91 Å². The first-order chi connectivity index (χ1) is 8.44. The lowest BCUT2D eigenvalue weighted by atomic mass is 9.76. The topological polar surface area (TPSA) is 62.4 Å². The Morgan fingerprint density at radius 2 is 2.22 bits per heavy atom. The molecule has 6 heteroatoms. The molecule has 4 unspecified atom stereocenters. The van der Waals surface area contributed by atoms with Gasteiger partial charge in [-0.2, -0.15) is 0 Å². The predicted octanol–water partition coefficient (Wildman–Crippen LogP) is 0.110. The van der Waals surface area contributed by atoms with E-state index in [0.717, 1.165) is 19.4 Å². The lowest BCUT2D eigenvalue weighted by molar-refractivity contribution is -0.135. The second-order valence-electron chi connectivity index (χ2n) is 6.09. The fraction of sp³-hybridized carbons (Fsp3) is 0.833. The zero-order valence-electron chi connectivity index (χ0n) is 10.7. The molecule has 3 saturated heterocycles. The van der Waals surface area contributed by atoms with Gasteiger partial charge in [-0.1, -0.05) is 0 Å². The SMILES string of the molecule is CC1(C)CC2NC3NC(=S)NC(=O)C3CC2CO1. The Kier molecular flexibility index (Phi) is 2.84. The Balaban J connectivity index is 1.76. The van der Waals surface area contributed by atoms with Crippen molar-refractivity contribution >= 4 is 23.2 Å². The third-order valence-corrected chi connectivity index (χ3v) is 4.40. The second-order valence-corrected chi connectivity index (χ2v) is 6.50. The molecule has 1 amide bonds. The van der Waals surface area contributed by atoms with E-state index in [-0.39, 0.29) is 23.6 Å². The number of carbonyl (C=O) groups is 1. The van der Waals surface area contributed by atoms with Crippen molar-refractivity contribution in [1.82, 2.24) is 16.0 Å². The molecule has 5 nitrogen and oxygen atoms in total. The molecule has 3 fully saturated rings. The molecule has 0 bridgehead atoms. The summed E-state index contributed by atoms with van der Waals surface area (Å²) in [6.45, 7) is 4.96. The average molecular weight is 269 g/mol. The highest BCUT2D eigenvalue weighted by atomic mass is 32.1. The van der Waals surface area contributed by atoms with Gasteiger partial charge in [0, 0.05) is 6.04 Å². The highest BCUT2D eigenvalue weighted by molar-refractivity contribution is 7.80. The summed E-state index contributed by atoms with van der Waals surface area (Å²) in [5.74, 6) is 0.390. The Morgan fingerprint density at radius 1 is 1.44 bits per heavy atom. The molecule has 100 valence electrons. The van der Waals surface area contributed by atoms with Crippen molar-refractivity contribution in [3.8, 4) is 0 Å². The minimum Gasteiger partial charge on any atom is -0.375 e. The van der Waals surface area contributed by atoms with Crippen LogP contribution in [-0.2, 0) is 9.53 Å². The summed E-state index contributed by atoms with van der Waals surface area (Å²) in [5.41, 5.74) is -0.0849. The number of nitrogens with one attached hydrogen (secondary N) is 3. The van der Waals surface area contributed by atoms with Gasteiger partial charge in [0.25, 0.3) is 0 Å². The van der Waals surface area contributed by atoms with Crippen molar-refractivity contribution in [2.75, 3.05) is 6.61 Å². The summed E-state index contributed by atoms with van der Waals surface area (Å²) in [7, 11) is 0. The van der Waals surface area contributed by atoms with Crippen LogP contribution < -0.4 is 16.0 Å². The van der Waals surface area contributed by atoms with E-state index < -0.39 is 0 Å². The van der Waals surface area contributed by atoms with Crippen LogP contribution in [0.4, 0.5) is 0 Å². The van der Waals surface area contributed by atoms with E-state index in [9.17, 15) is 4.79 Å². The molecule has 3 rings (SSSR count). The van der Waals surface area contributed by atoms with E-state index in [0.29, 0.717) is 17.1 Å². The van der Waals surface area contributed by atoms with Gasteiger partial charge in [-0.15, -0.1) is 0 Å². The maximum absolute atomic E-state index is 11.9. The van der Waals surface area contributed by atoms with E-state index in [1.54, 1.807) is 0 Å². The zero-order chi connectivity index (χ0) is 12.9. The van der Waals surface area contributed by atoms with E-state index in [2.05, 4.69) is 29.8 Å². The molecule has 0 aromatic heterocycles. The second kappa shape index (κ2) is 4.15. The zero-order valence-corrected chi connectivity index (χ0v) is 11.5. The van der Waals surface area contributed by atoms with E-state index in [1.807, 2.05) is 0 Å². The molecule has 0 spiro atoms. The number of thiocarbonyl (C=S) groups is 1. The van der Waals surface area contributed by atoms with Crippen molar-refractivity contribution in [1.29, 1.82) is 0 Å². The molecule has 0 aliphatic carbocycles. The molecule has 3 aliphatic rings. The van der Waals surface area contributed by atoms with Gasteiger partial charge in [-0.25, -0.2) is 0 Å². The highest BCUT2D eigenvalue weighted by Crippen LogP contribution is 2.35. The van der Waals surface area contributed by atoms with Crippen molar-refractivity contribution in [3.05, 3.63) is 0 Å². The molecular formula is C12H19N3O2S. The van der Waals surface area contributed by atoms with Gasteiger partial charge < -0.3 is 15.4 Å². The number of rotatable bonds is 0. The summed E-state index contributed by atoms with van der Waals surface area (Å²) in [6, 6.07) is 0.399. The van der Waals surface area contributed by atoms with Crippen LogP contribution in [0.3, 0.4) is 0 Å². The van der Waals surface area contributed by atoms with Crippen LogP contribution in [0.15, 0.2) is 0 Å². The minimum absolute atomic E-state index is 0.0265. The fourth-order valence-corrected chi connectivity index (χ4v) is 3.45. The summed E-state index contributed by atoms with van der Waals surface area (Å²) in [4.78, 5) is 11.9. The fourth-order valence-electron chi connectivity index (χ4n) is 3.22. The van der Waals surface area contributed by atoms with Gasteiger partial charge in [0.1, 0.15) is 0 Å². The molecule has 18 heavy (non-hydrogen) atoms. The van der Waals surface area contributed by atoms with Crippen LogP contribution in [0, 0.1) is 11.8 Å². The van der Waals surface area contributed by atoms with Gasteiger partial charge >= 0.3 is 0 Å². The van der Waals surface area contributed by atoms with E-state index in [1.165, 1.54) is 0 Å². The molecule has 0 saturated carbocycles. The van der Waals surface area contributed by atoms with E-state index >= 15 is 0 Å². The maximum atomic E-state index is 11.9. The first-order valence-corrected chi connectivity index (χ1v) is 6.87. The smallest absolute Gasteiger partial charge is 0.232 e. The molecule has 0 aromatic carbocycles. The average Bonchev–Trinajstić information content (AvgIpc) is 2.25. The molecular weight excluding hydrogens is 250 g/mol. The monoisotopic (exact) mass is 269 g/mol. The minimum atomic E-state index is -0.0849. The standard InChI is InChI=1S/C12H19N3O2S/c1-12(2)4-8-6(5-17-12)3-7-9(13-8)14-11(18)15-10(7)16/h6-9,13H,3-5H2,1-2H3,(H2,14,15,16,18). The van der Waals surface area contributed by atoms with E-state index in [4.69, 9.17) is 17.0 Å². The lowest BCUT2D eigenvalue weighted by Crippen LogP contribution is -2.70. The first kappa shape index (κ1) is 12.3. The summed E-state index contributed by atoms with van der Waals surface area (Å²) < 4.78 is 5.85. The van der Waals surface area contributed by atoms with Gasteiger partial charge in [0.05, 0.1) is 24.3 Å². The summed E-state index contributed by atoms with van der Waals surface area (Å²) in [6.07, 6.45) is 1.80. The Hall–Kier alpha value is -0.720. The normalized spacial score (nSPS) is 42.3. The Morgan fingerprint density at radius 3 is 3.00 bits per heavy atom. The molecule has 3 heterocycles. The highest BCUT2D eigenvalue weighted by Gasteiger charge is 2.46. The number of piperidine rings is 1. The number of ether oxygens (including phenoxy) is 1. The first-order valence-electron chi connectivity index (χ1n) is 6.46. The summed E-state index contributed by atoms with van der Waals surface area (Å²) in [5, 5.41) is 9.81. The number of fused-ring (bicyclic) bond motifs is 2. The van der Waals surface area contributed by atoms with Crippen LogP contribution >= 0.6 is 12.2 Å². The molecule has 4 atom stereocenters. The van der Waals surface area contributed by atoms with Gasteiger partial charge in [-0.3, -0.25) is 10.1 Å². The van der Waals surface area contributed by atoms with Crippen molar-refractivity contribution in [2.45, 2.75) is 44.5 Å². The van der Waals surface area contributed by atoms with Crippen LogP contribution in [0.2, 0.25) is 0 Å². The van der Waals surface area contributed by atoms with Crippen LogP contribution in [0.25, 0.3) is 0 Å². The maximum Gasteiger partial charge on any atom is 0.232 e. The number of hydrogen-bond acceptors (Lipinski definition) is 4. The Bertz CT molecular complexity index is 399. The van der Waals surface area contributed by atoms with Gasteiger partial charge in [-0.05, 0) is 44.8 Å². The quantitative estimate of drug-likeness (QED) is 0.545. The molecule has 0 aromatic rings. The number of amides is 1. The van der Waals surface area contributed by atoms with Crippen molar-refractivity contribution < 1.29 is 9.53 Å². The third-order valence-electron chi connectivity index (χ3n) is 4.18. The van der Waals surface area contributed by atoms with Crippen LogP contribution in [-0.4, -0.2) is 35.4 Å². The van der Waals surface area contributed by atoms with Crippen molar-refractivity contribution in [3.63, 3.8) is 0 Å². The van der Waals surface area contributed by atoms with Crippen LogP contribution in [0.5, 0.6) is 0 Å². The molecule has 3 N–H and O–H groups in total. The third kappa shape index (κ3) is 2.13. The Labute approximate surface area is 112 Å². The van der Waals surface area contributed by atoms with Crippen molar-refractivity contribution in [2.24, 2.45) is 11.8 Å². The lowest BCUT2D eigenvalue weighted by Gasteiger charge is -2.49. The summed E-state index contributed by atoms with van der Waals surface area (Å²) >= 11 is 5.04. The predicted molar refractivity (Wildman–Crippen MR) is 70.8 cm³/mol.